The Bertz CT molecular complexity index is 1190. The minimum Gasteiger partial charge on any atom is -0.351 e. The smallest absolute Gasteiger partial charge is 0.180 e. The van der Waals surface area contributed by atoms with Crippen LogP contribution < -0.4 is 9.80 Å². The molecule has 32 heavy (non-hydrogen) atoms. The van der Waals surface area contributed by atoms with E-state index in [4.69, 9.17) is 11.6 Å². The third-order valence-electron chi connectivity index (χ3n) is 5.75. The molecule has 0 saturated carbocycles. The van der Waals surface area contributed by atoms with E-state index in [9.17, 15) is 0 Å². The summed E-state index contributed by atoms with van der Waals surface area (Å²) in [6.07, 6.45) is 4.24. The molecule has 0 amide bonds. The lowest BCUT2D eigenvalue weighted by molar-refractivity contribution is 0.708. The Morgan fingerprint density at radius 3 is 2.69 bits per heavy atom. The number of hydrogen-bond donors (Lipinski definition) is 1. The first-order chi connectivity index (χ1) is 15.7. The predicted octanol–water partition coefficient (Wildman–Crippen LogP) is 5.17. The molecule has 0 fully saturated rings. The van der Waals surface area contributed by atoms with E-state index < -0.39 is 0 Å². The fraction of sp³-hybridized carbons (Fsp3) is 0.250. The summed E-state index contributed by atoms with van der Waals surface area (Å²) in [6, 6.07) is 18.6. The van der Waals surface area contributed by atoms with E-state index >= 15 is 0 Å². The van der Waals surface area contributed by atoms with Crippen molar-refractivity contribution in [2.24, 2.45) is 0 Å². The SMILES string of the molecule is CCCCN1CN(Cc2ccc(-c3ccc(Cl)cc3-c3nnn[nH]3)cc2)c2ncccc21. The molecule has 2 aromatic carbocycles. The zero-order chi connectivity index (χ0) is 21.9. The monoisotopic (exact) mass is 445 g/mol. The molecule has 4 aromatic rings. The second-order valence-electron chi connectivity index (χ2n) is 7.94. The topological polar surface area (TPSA) is 73.8 Å². The van der Waals surface area contributed by atoms with E-state index in [-0.39, 0.29) is 0 Å². The van der Waals surface area contributed by atoms with E-state index in [1.807, 2.05) is 30.5 Å². The molecule has 0 bridgehead atoms. The van der Waals surface area contributed by atoms with Gasteiger partial charge in [-0.05, 0) is 57.8 Å². The average Bonchev–Trinajstić information content (AvgIpc) is 3.47. The molecule has 1 aliphatic heterocycles. The van der Waals surface area contributed by atoms with Gasteiger partial charge in [-0.3, -0.25) is 0 Å². The summed E-state index contributed by atoms with van der Waals surface area (Å²) in [5, 5.41) is 14.9. The summed E-state index contributed by atoms with van der Waals surface area (Å²) in [4.78, 5) is 9.42. The summed E-state index contributed by atoms with van der Waals surface area (Å²) >= 11 is 6.23. The molecular weight excluding hydrogens is 422 g/mol. The van der Waals surface area contributed by atoms with Crippen LogP contribution in [0.2, 0.25) is 5.02 Å². The van der Waals surface area contributed by atoms with Gasteiger partial charge in [0.25, 0.3) is 0 Å². The summed E-state index contributed by atoms with van der Waals surface area (Å²) in [6.45, 7) is 4.96. The quantitative estimate of drug-likeness (QED) is 0.423. The molecule has 0 saturated heterocycles. The lowest BCUT2D eigenvalue weighted by Crippen LogP contribution is -2.31. The fourth-order valence-corrected chi connectivity index (χ4v) is 4.31. The van der Waals surface area contributed by atoms with Crippen molar-refractivity contribution in [3.63, 3.8) is 0 Å². The number of aromatic amines is 1. The Kier molecular flexibility index (Phi) is 5.73. The first kappa shape index (κ1) is 20.5. The van der Waals surface area contributed by atoms with Crippen LogP contribution in [-0.2, 0) is 6.54 Å². The number of tetrazole rings is 1. The van der Waals surface area contributed by atoms with Crippen molar-refractivity contribution >= 4 is 23.1 Å². The molecule has 0 aliphatic carbocycles. The molecular formula is C24H24ClN7. The van der Waals surface area contributed by atoms with Gasteiger partial charge in [0, 0.05) is 29.9 Å². The minimum absolute atomic E-state index is 0.596. The van der Waals surface area contributed by atoms with Crippen molar-refractivity contribution in [3.05, 3.63) is 71.4 Å². The van der Waals surface area contributed by atoms with Crippen molar-refractivity contribution in [2.45, 2.75) is 26.3 Å². The number of nitrogens with one attached hydrogen (secondary N) is 1. The van der Waals surface area contributed by atoms with Crippen molar-refractivity contribution < 1.29 is 0 Å². The molecule has 5 rings (SSSR count). The molecule has 0 radical (unpaired) electrons. The molecule has 162 valence electrons. The van der Waals surface area contributed by atoms with Gasteiger partial charge in [0.2, 0.25) is 0 Å². The van der Waals surface area contributed by atoms with Gasteiger partial charge in [-0.1, -0.05) is 55.3 Å². The number of unbranched alkanes of at least 4 members (excludes halogenated alkanes) is 1. The van der Waals surface area contributed by atoms with E-state index in [1.54, 1.807) is 0 Å². The first-order valence-corrected chi connectivity index (χ1v) is 11.2. The Balaban J connectivity index is 1.38. The normalized spacial score (nSPS) is 12.9. The highest BCUT2D eigenvalue weighted by atomic mass is 35.5. The zero-order valence-electron chi connectivity index (χ0n) is 17.9. The maximum Gasteiger partial charge on any atom is 0.180 e. The number of benzene rings is 2. The molecule has 7 nitrogen and oxygen atoms in total. The van der Waals surface area contributed by atoms with Gasteiger partial charge in [-0.25, -0.2) is 10.1 Å². The van der Waals surface area contributed by atoms with Crippen molar-refractivity contribution in [1.82, 2.24) is 25.6 Å². The van der Waals surface area contributed by atoms with Crippen LogP contribution in [0.1, 0.15) is 25.3 Å². The second kappa shape index (κ2) is 8.96. The Morgan fingerprint density at radius 1 is 1.03 bits per heavy atom. The summed E-state index contributed by atoms with van der Waals surface area (Å²) in [5.74, 6) is 1.66. The number of H-pyrrole nitrogens is 1. The Labute approximate surface area is 192 Å². The van der Waals surface area contributed by atoms with Crippen LogP contribution in [-0.4, -0.2) is 38.8 Å². The average molecular weight is 446 g/mol. The highest BCUT2D eigenvalue weighted by molar-refractivity contribution is 6.31. The van der Waals surface area contributed by atoms with Gasteiger partial charge < -0.3 is 9.80 Å². The van der Waals surface area contributed by atoms with E-state index in [0.29, 0.717) is 10.8 Å². The fourth-order valence-electron chi connectivity index (χ4n) is 4.14. The number of rotatable bonds is 7. The third kappa shape index (κ3) is 4.03. The number of aromatic nitrogens is 5. The van der Waals surface area contributed by atoms with Crippen molar-refractivity contribution in [2.75, 3.05) is 23.0 Å². The molecule has 0 unspecified atom stereocenters. The minimum atomic E-state index is 0.596. The van der Waals surface area contributed by atoms with Crippen LogP contribution in [0.3, 0.4) is 0 Å². The first-order valence-electron chi connectivity index (χ1n) is 10.8. The lowest BCUT2D eigenvalue weighted by atomic mass is 9.98. The van der Waals surface area contributed by atoms with Gasteiger partial charge in [0.15, 0.2) is 11.6 Å². The number of fused-ring (bicyclic) bond motifs is 1. The van der Waals surface area contributed by atoms with Crippen LogP contribution in [0.15, 0.2) is 60.8 Å². The third-order valence-corrected chi connectivity index (χ3v) is 5.98. The highest BCUT2D eigenvalue weighted by Gasteiger charge is 2.26. The van der Waals surface area contributed by atoms with Crippen LogP contribution in [0.25, 0.3) is 22.5 Å². The molecule has 2 aromatic heterocycles. The van der Waals surface area contributed by atoms with Crippen LogP contribution in [0.5, 0.6) is 0 Å². The maximum atomic E-state index is 6.23. The van der Waals surface area contributed by atoms with E-state index in [0.717, 1.165) is 42.3 Å². The Morgan fingerprint density at radius 2 is 1.91 bits per heavy atom. The van der Waals surface area contributed by atoms with Crippen molar-refractivity contribution in [3.8, 4) is 22.5 Å². The van der Waals surface area contributed by atoms with Gasteiger partial charge >= 0.3 is 0 Å². The molecule has 1 N–H and O–H groups in total. The molecule has 0 spiro atoms. The van der Waals surface area contributed by atoms with Crippen LogP contribution >= 0.6 is 11.6 Å². The van der Waals surface area contributed by atoms with Gasteiger partial charge in [-0.15, -0.1) is 5.10 Å². The number of pyridine rings is 1. The lowest BCUT2D eigenvalue weighted by Gasteiger charge is -2.21. The second-order valence-corrected chi connectivity index (χ2v) is 8.38. The van der Waals surface area contributed by atoms with Gasteiger partial charge in [0.1, 0.15) is 0 Å². The molecule has 1 aliphatic rings. The van der Waals surface area contributed by atoms with Gasteiger partial charge in [0.05, 0.1) is 12.4 Å². The summed E-state index contributed by atoms with van der Waals surface area (Å²) in [5.41, 5.74) is 5.45. The number of hydrogen-bond acceptors (Lipinski definition) is 6. The van der Waals surface area contributed by atoms with Crippen LogP contribution in [0, 0.1) is 0 Å². The number of anilines is 2. The molecule has 0 atom stereocenters. The summed E-state index contributed by atoms with van der Waals surface area (Å²) in [7, 11) is 0. The zero-order valence-corrected chi connectivity index (χ0v) is 18.6. The van der Waals surface area contributed by atoms with E-state index in [2.05, 4.69) is 72.7 Å². The number of nitrogens with zero attached hydrogens (tertiary/aromatic N) is 6. The summed E-state index contributed by atoms with van der Waals surface area (Å²) < 4.78 is 0. The highest BCUT2D eigenvalue weighted by Crippen LogP contribution is 2.36. The Hall–Kier alpha value is -3.45. The maximum absolute atomic E-state index is 6.23. The standard InChI is InChI=1S/C24H24ClN7/c1-2-3-13-31-16-32(24-22(31)5-4-12-26-24)15-17-6-8-18(9-7-17)20-11-10-19(25)14-21(20)23-27-29-30-28-23/h4-12,14H,2-3,13,15-16H2,1H3,(H,27,28,29,30). The van der Waals surface area contributed by atoms with E-state index in [1.165, 1.54) is 24.1 Å². The largest absolute Gasteiger partial charge is 0.351 e. The van der Waals surface area contributed by atoms with Gasteiger partial charge in [-0.2, -0.15) is 0 Å². The molecule has 3 heterocycles. The molecule has 8 heteroatoms. The van der Waals surface area contributed by atoms with Crippen molar-refractivity contribution in [1.29, 1.82) is 0 Å². The predicted molar refractivity (Wildman–Crippen MR) is 128 cm³/mol. The number of halogens is 1. The van der Waals surface area contributed by atoms with Crippen LogP contribution in [0.4, 0.5) is 11.5 Å².